The van der Waals surface area contributed by atoms with Gasteiger partial charge < -0.3 is 15.2 Å². The Balaban J connectivity index is 1.63. The van der Waals surface area contributed by atoms with Gasteiger partial charge >= 0.3 is 0 Å². The summed E-state index contributed by atoms with van der Waals surface area (Å²) in [6.07, 6.45) is 1.53. The highest BCUT2D eigenvalue weighted by atomic mass is 19.1. The molecule has 1 amide bonds. The number of aromatic amines is 1. The van der Waals surface area contributed by atoms with Crippen LogP contribution in [0.15, 0.2) is 71.7 Å². The van der Waals surface area contributed by atoms with Gasteiger partial charge in [-0.25, -0.2) is 14.4 Å². The van der Waals surface area contributed by atoms with Gasteiger partial charge in [0.1, 0.15) is 17.5 Å². The number of para-hydroxylation sites is 2. The van der Waals surface area contributed by atoms with Crippen LogP contribution in [-0.2, 0) is 6.54 Å². The molecule has 4 aromatic rings. The van der Waals surface area contributed by atoms with Gasteiger partial charge in [0.15, 0.2) is 0 Å². The summed E-state index contributed by atoms with van der Waals surface area (Å²) in [5.41, 5.74) is 0.815. The van der Waals surface area contributed by atoms with Crippen molar-refractivity contribution >= 4 is 28.3 Å². The highest BCUT2D eigenvalue weighted by Gasteiger charge is 2.20. The van der Waals surface area contributed by atoms with Gasteiger partial charge in [0.05, 0.1) is 28.7 Å². The van der Waals surface area contributed by atoms with E-state index in [4.69, 9.17) is 0 Å². The quantitative estimate of drug-likeness (QED) is 0.497. The van der Waals surface area contributed by atoms with Crippen molar-refractivity contribution in [1.29, 1.82) is 0 Å². The van der Waals surface area contributed by atoms with Crippen LogP contribution in [0.3, 0.4) is 0 Å². The minimum absolute atomic E-state index is 0.115. The Kier molecular flexibility index (Phi) is 5.70. The molecule has 7 nitrogen and oxygen atoms in total. The monoisotopic (exact) mass is 417 g/mol. The molecule has 2 aromatic carbocycles. The number of amides is 1. The lowest BCUT2D eigenvalue weighted by molar-refractivity contribution is 0.0749. The number of rotatable bonds is 6. The molecule has 8 heteroatoms. The van der Waals surface area contributed by atoms with Crippen molar-refractivity contribution in [3.05, 3.63) is 94.4 Å². The van der Waals surface area contributed by atoms with Gasteiger partial charge in [-0.1, -0.05) is 24.3 Å². The van der Waals surface area contributed by atoms with Crippen LogP contribution >= 0.6 is 0 Å². The molecule has 0 unspecified atom stereocenters. The van der Waals surface area contributed by atoms with Crippen LogP contribution < -0.4 is 10.9 Å². The van der Waals surface area contributed by atoms with Crippen LogP contribution in [-0.4, -0.2) is 32.3 Å². The number of benzene rings is 2. The Morgan fingerprint density at radius 3 is 2.68 bits per heavy atom. The topological polar surface area (TPSA) is 91.0 Å². The molecule has 0 saturated heterocycles. The van der Waals surface area contributed by atoms with Crippen molar-refractivity contribution in [1.82, 2.24) is 19.9 Å². The highest BCUT2D eigenvalue weighted by Crippen LogP contribution is 2.22. The second-order valence-corrected chi connectivity index (χ2v) is 6.85. The first-order valence-corrected chi connectivity index (χ1v) is 9.80. The molecule has 0 aliphatic rings. The second kappa shape index (κ2) is 8.74. The van der Waals surface area contributed by atoms with E-state index in [0.717, 1.165) is 0 Å². The molecule has 0 fully saturated rings. The van der Waals surface area contributed by atoms with Crippen LogP contribution in [0.2, 0.25) is 0 Å². The van der Waals surface area contributed by atoms with E-state index in [9.17, 15) is 14.0 Å². The third-order valence-corrected chi connectivity index (χ3v) is 4.84. The van der Waals surface area contributed by atoms with Crippen LogP contribution in [0.25, 0.3) is 10.9 Å². The van der Waals surface area contributed by atoms with E-state index in [1.807, 2.05) is 6.92 Å². The summed E-state index contributed by atoms with van der Waals surface area (Å²) in [5, 5.41) is 3.38. The van der Waals surface area contributed by atoms with E-state index in [2.05, 4.69) is 20.3 Å². The number of anilines is 2. The zero-order chi connectivity index (χ0) is 21.8. The molecule has 0 bridgehead atoms. The zero-order valence-corrected chi connectivity index (χ0v) is 16.8. The molecule has 2 N–H and O–H groups in total. The predicted octanol–water partition coefficient (Wildman–Crippen LogP) is 3.86. The molecule has 0 saturated carbocycles. The number of carbonyl (C=O) groups excluding carboxylic acids is 1. The molecule has 0 spiro atoms. The van der Waals surface area contributed by atoms with Gasteiger partial charge in [-0.05, 0) is 43.3 Å². The summed E-state index contributed by atoms with van der Waals surface area (Å²) in [5.74, 6) is -0.135. The molecule has 156 valence electrons. The average Bonchev–Trinajstić information content (AvgIpc) is 2.79. The largest absolute Gasteiger partial charge is 0.337 e. The molecule has 0 atom stereocenters. The van der Waals surface area contributed by atoms with Crippen LogP contribution in [0.4, 0.5) is 15.9 Å². The Labute approximate surface area is 177 Å². The van der Waals surface area contributed by atoms with Gasteiger partial charge in [0.2, 0.25) is 0 Å². The maximum atomic E-state index is 14.1. The van der Waals surface area contributed by atoms with E-state index in [0.29, 0.717) is 23.3 Å². The van der Waals surface area contributed by atoms with Crippen molar-refractivity contribution in [2.45, 2.75) is 13.5 Å². The summed E-state index contributed by atoms with van der Waals surface area (Å²) >= 11 is 0. The van der Waals surface area contributed by atoms with Crippen molar-refractivity contribution < 1.29 is 9.18 Å². The molecule has 31 heavy (non-hydrogen) atoms. The van der Waals surface area contributed by atoms with E-state index in [-0.39, 0.29) is 35.1 Å². The smallest absolute Gasteiger partial charge is 0.258 e. The number of H-pyrrole nitrogens is 1. The van der Waals surface area contributed by atoms with E-state index >= 15 is 0 Å². The number of nitrogens with one attached hydrogen (secondary N) is 2. The molecule has 0 radical (unpaired) electrons. The summed E-state index contributed by atoms with van der Waals surface area (Å²) < 4.78 is 14.1. The number of nitrogens with zero attached hydrogens (tertiary/aromatic N) is 3. The average molecular weight is 417 g/mol. The summed E-state index contributed by atoms with van der Waals surface area (Å²) in [7, 11) is 0. The van der Waals surface area contributed by atoms with Gasteiger partial charge in [0.25, 0.3) is 11.5 Å². The van der Waals surface area contributed by atoms with Gasteiger partial charge in [-0.2, -0.15) is 0 Å². The third kappa shape index (κ3) is 4.28. The Morgan fingerprint density at radius 1 is 1.10 bits per heavy atom. The fraction of sp³-hybridized carbons (Fsp3) is 0.130. The SMILES string of the molecule is CCN(Cc1nc2ccccc2c(=O)[nH]1)C(=O)c1cccnc1Nc1ccccc1F. The summed E-state index contributed by atoms with van der Waals surface area (Å²) in [6, 6.07) is 16.5. The Bertz CT molecular complexity index is 1300. The van der Waals surface area contributed by atoms with E-state index in [1.54, 1.807) is 54.6 Å². The molecule has 2 heterocycles. The minimum atomic E-state index is -0.447. The number of pyridine rings is 1. The second-order valence-electron chi connectivity index (χ2n) is 6.85. The van der Waals surface area contributed by atoms with Crippen molar-refractivity contribution in [3.63, 3.8) is 0 Å². The molecular weight excluding hydrogens is 397 g/mol. The van der Waals surface area contributed by atoms with Gasteiger partial charge in [-0.15, -0.1) is 0 Å². The standard InChI is InChI=1S/C23H20FN5O2/c1-2-29(14-20-26-18-11-5-3-8-15(18)22(30)28-20)23(31)16-9-7-13-25-21(16)27-19-12-6-4-10-17(19)24/h3-13H,2,14H2,1H3,(H,25,27)(H,26,28,30). The molecule has 2 aromatic heterocycles. The molecular formula is C23H20FN5O2. The van der Waals surface area contributed by atoms with Crippen LogP contribution in [0.1, 0.15) is 23.1 Å². The minimum Gasteiger partial charge on any atom is -0.337 e. The Hall–Kier alpha value is -4.07. The summed E-state index contributed by atoms with van der Waals surface area (Å²) in [6.45, 7) is 2.32. The van der Waals surface area contributed by atoms with Crippen LogP contribution in [0.5, 0.6) is 0 Å². The fourth-order valence-corrected chi connectivity index (χ4v) is 3.26. The first-order valence-electron chi connectivity index (χ1n) is 9.80. The maximum absolute atomic E-state index is 14.1. The number of halogens is 1. The molecule has 0 aliphatic heterocycles. The Morgan fingerprint density at radius 2 is 1.87 bits per heavy atom. The van der Waals surface area contributed by atoms with Gasteiger partial charge in [0, 0.05) is 12.7 Å². The lowest BCUT2D eigenvalue weighted by Gasteiger charge is -2.22. The number of hydrogen-bond acceptors (Lipinski definition) is 5. The first kappa shape index (κ1) is 20.2. The predicted molar refractivity (Wildman–Crippen MR) is 117 cm³/mol. The third-order valence-electron chi connectivity index (χ3n) is 4.84. The normalized spacial score (nSPS) is 10.8. The van der Waals surface area contributed by atoms with Gasteiger partial charge in [-0.3, -0.25) is 9.59 Å². The van der Waals surface area contributed by atoms with Crippen molar-refractivity contribution in [2.24, 2.45) is 0 Å². The van der Waals surface area contributed by atoms with E-state index in [1.165, 1.54) is 17.2 Å². The molecule has 0 aliphatic carbocycles. The first-order chi connectivity index (χ1) is 15.1. The zero-order valence-electron chi connectivity index (χ0n) is 16.8. The lowest BCUT2D eigenvalue weighted by atomic mass is 10.2. The van der Waals surface area contributed by atoms with E-state index < -0.39 is 5.82 Å². The number of fused-ring (bicyclic) bond motifs is 1. The number of hydrogen-bond donors (Lipinski definition) is 2. The van der Waals surface area contributed by atoms with Crippen LogP contribution in [0, 0.1) is 5.82 Å². The maximum Gasteiger partial charge on any atom is 0.258 e. The number of aromatic nitrogens is 3. The summed E-state index contributed by atoms with van der Waals surface area (Å²) in [4.78, 5) is 38.6. The number of carbonyl (C=O) groups is 1. The van der Waals surface area contributed by atoms with Crippen molar-refractivity contribution in [2.75, 3.05) is 11.9 Å². The fourth-order valence-electron chi connectivity index (χ4n) is 3.26. The molecule has 4 rings (SSSR count). The lowest BCUT2D eigenvalue weighted by Crippen LogP contribution is -2.32. The van der Waals surface area contributed by atoms with Crippen molar-refractivity contribution in [3.8, 4) is 0 Å². The highest BCUT2D eigenvalue weighted by molar-refractivity contribution is 5.99.